The number of nitrogens with zero attached hydrogens (tertiary/aromatic N) is 3. The molecule has 3 heterocycles. The van der Waals surface area contributed by atoms with Crippen LogP contribution in [0.15, 0.2) is 42.5 Å². The molecule has 0 unspecified atom stereocenters. The van der Waals surface area contributed by atoms with E-state index in [1.54, 1.807) is 4.68 Å². The Labute approximate surface area is 162 Å². The number of aryl methyl sites for hydroxylation is 1. The fourth-order valence-corrected chi connectivity index (χ4v) is 4.57. The van der Waals surface area contributed by atoms with Crippen molar-refractivity contribution in [2.75, 3.05) is 5.32 Å². The van der Waals surface area contributed by atoms with Gasteiger partial charge in [0, 0.05) is 17.9 Å². The van der Waals surface area contributed by atoms with Gasteiger partial charge in [0.05, 0.1) is 15.9 Å². The minimum absolute atomic E-state index is 0.143. The van der Waals surface area contributed by atoms with Crippen molar-refractivity contribution in [1.82, 2.24) is 14.8 Å². The highest BCUT2D eigenvalue weighted by atomic mass is 32.1. The van der Waals surface area contributed by atoms with Gasteiger partial charge in [-0.2, -0.15) is 9.78 Å². The first kappa shape index (κ1) is 17.0. The van der Waals surface area contributed by atoms with E-state index in [4.69, 9.17) is 0 Å². The number of thiazole rings is 1. The number of carbonyl (C=O) groups excluding carboxylic acids is 1. The van der Waals surface area contributed by atoms with Crippen LogP contribution < -0.4 is 5.32 Å². The van der Waals surface area contributed by atoms with Crippen molar-refractivity contribution in [1.29, 1.82) is 0 Å². The van der Waals surface area contributed by atoms with Crippen molar-refractivity contribution >= 4 is 33.3 Å². The number of fused-ring (bicyclic) bond motifs is 2. The third-order valence-corrected chi connectivity index (χ3v) is 5.92. The molecule has 2 aromatic carbocycles. The predicted octanol–water partition coefficient (Wildman–Crippen LogP) is 4.54. The lowest BCUT2D eigenvalue weighted by molar-refractivity contribution is -0.116. The van der Waals surface area contributed by atoms with Crippen LogP contribution in [0, 0.1) is 18.6 Å². The number of aromatic nitrogens is 3. The highest BCUT2D eigenvalue weighted by molar-refractivity contribution is 7.20. The second-order valence-corrected chi connectivity index (χ2v) is 7.71. The minimum atomic E-state index is -0.929. The molecule has 1 aliphatic heterocycles. The summed E-state index contributed by atoms with van der Waals surface area (Å²) in [5.41, 5.74) is 2.90. The molecule has 2 aromatic heterocycles. The van der Waals surface area contributed by atoms with E-state index in [9.17, 15) is 13.6 Å². The molecule has 28 heavy (non-hydrogen) atoms. The summed E-state index contributed by atoms with van der Waals surface area (Å²) in [4.78, 5) is 17.0. The number of halogens is 2. The minimum Gasteiger partial charge on any atom is -0.310 e. The third-order valence-electron chi connectivity index (χ3n) is 4.91. The van der Waals surface area contributed by atoms with E-state index in [2.05, 4.69) is 15.4 Å². The Hall–Kier alpha value is -3.13. The average molecular weight is 396 g/mol. The fraction of sp³-hybridized carbons (Fsp3) is 0.150. The Morgan fingerprint density at radius 2 is 2.00 bits per heavy atom. The molecule has 0 saturated heterocycles. The molecule has 0 bridgehead atoms. The molecule has 1 amide bonds. The monoisotopic (exact) mass is 396 g/mol. The summed E-state index contributed by atoms with van der Waals surface area (Å²) < 4.78 is 29.8. The molecule has 0 fully saturated rings. The maximum Gasteiger partial charge on any atom is 0.226 e. The number of para-hydroxylation sites is 1. The largest absolute Gasteiger partial charge is 0.310 e. The van der Waals surface area contributed by atoms with Gasteiger partial charge in [0.25, 0.3) is 0 Å². The molecule has 0 spiro atoms. The van der Waals surface area contributed by atoms with Gasteiger partial charge in [-0.3, -0.25) is 4.79 Å². The van der Waals surface area contributed by atoms with E-state index in [1.165, 1.54) is 17.4 Å². The standard InChI is InChI=1S/C20H14F2N4OS/c1-10-18-12(11-6-7-13(21)14(22)8-11)9-17(27)24-19(18)26(25-10)20-23-15-4-2-3-5-16(15)28-20/h2-8,12H,9H2,1H3,(H,24,27)/t12-/m0/s1. The molecule has 4 aromatic rings. The molecule has 140 valence electrons. The van der Waals surface area contributed by atoms with Crippen LogP contribution in [-0.4, -0.2) is 20.7 Å². The van der Waals surface area contributed by atoms with Crippen molar-refractivity contribution in [3.05, 3.63) is 70.9 Å². The van der Waals surface area contributed by atoms with Gasteiger partial charge >= 0.3 is 0 Å². The van der Waals surface area contributed by atoms with Crippen molar-refractivity contribution in [3.63, 3.8) is 0 Å². The van der Waals surface area contributed by atoms with Crippen LogP contribution in [0.25, 0.3) is 15.3 Å². The molecule has 8 heteroatoms. The second kappa shape index (κ2) is 6.20. The number of amides is 1. The van der Waals surface area contributed by atoms with Crippen LogP contribution in [0.4, 0.5) is 14.6 Å². The lowest BCUT2D eigenvalue weighted by atomic mass is 9.86. The Morgan fingerprint density at radius 3 is 2.79 bits per heavy atom. The van der Waals surface area contributed by atoms with E-state index < -0.39 is 17.6 Å². The third kappa shape index (κ3) is 2.60. The van der Waals surface area contributed by atoms with Crippen LogP contribution >= 0.6 is 11.3 Å². The first-order valence-corrected chi connectivity index (χ1v) is 9.53. The topological polar surface area (TPSA) is 59.8 Å². The number of carbonyl (C=O) groups is 1. The van der Waals surface area contributed by atoms with E-state index >= 15 is 0 Å². The molecule has 5 nitrogen and oxygen atoms in total. The summed E-state index contributed by atoms with van der Waals surface area (Å²) in [6.45, 7) is 1.84. The van der Waals surface area contributed by atoms with Gasteiger partial charge in [0.15, 0.2) is 11.6 Å². The molecular formula is C20H14F2N4OS. The molecular weight excluding hydrogens is 382 g/mol. The first-order chi connectivity index (χ1) is 13.5. The van der Waals surface area contributed by atoms with Gasteiger partial charge in [-0.1, -0.05) is 29.5 Å². The first-order valence-electron chi connectivity index (χ1n) is 8.71. The number of anilines is 1. The van der Waals surface area contributed by atoms with Crippen LogP contribution in [0.3, 0.4) is 0 Å². The summed E-state index contributed by atoms with van der Waals surface area (Å²) in [6, 6.07) is 11.5. The van der Waals surface area contributed by atoms with Crippen LogP contribution in [0.1, 0.15) is 29.2 Å². The summed E-state index contributed by atoms with van der Waals surface area (Å²) in [5.74, 6) is -1.92. The molecule has 0 radical (unpaired) electrons. The SMILES string of the molecule is Cc1nn(-c2nc3ccccc3s2)c2c1[C@H](c1ccc(F)c(F)c1)CC(=O)N2. The molecule has 1 atom stereocenters. The van der Waals surface area contributed by atoms with E-state index in [0.717, 1.165) is 27.9 Å². The highest BCUT2D eigenvalue weighted by Gasteiger charge is 2.33. The summed E-state index contributed by atoms with van der Waals surface area (Å²) >= 11 is 1.47. The van der Waals surface area contributed by atoms with Crippen molar-refractivity contribution < 1.29 is 13.6 Å². The van der Waals surface area contributed by atoms with Crippen molar-refractivity contribution in [2.24, 2.45) is 0 Å². The van der Waals surface area contributed by atoms with Gasteiger partial charge in [-0.05, 0) is 36.8 Å². The number of rotatable bonds is 2. The Bertz CT molecular complexity index is 1210. The maximum absolute atomic E-state index is 13.8. The molecule has 5 rings (SSSR count). The molecule has 1 aliphatic rings. The van der Waals surface area contributed by atoms with Gasteiger partial charge in [0.2, 0.25) is 11.0 Å². The highest BCUT2D eigenvalue weighted by Crippen LogP contribution is 2.41. The zero-order valence-corrected chi connectivity index (χ0v) is 15.6. The Morgan fingerprint density at radius 1 is 1.18 bits per heavy atom. The fourth-order valence-electron chi connectivity index (χ4n) is 3.65. The average Bonchev–Trinajstić information content (AvgIpc) is 3.24. The predicted molar refractivity (Wildman–Crippen MR) is 103 cm³/mol. The Balaban J connectivity index is 1.68. The smallest absolute Gasteiger partial charge is 0.226 e. The second-order valence-electron chi connectivity index (χ2n) is 6.70. The quantitative estimate of drug-likeness (QED) is 0.541. The number of hydrogen-bond acceptors (Lipinski definition) is 4. The van der Waals surface area contributed by atoms with Crippen molar-refractivity contribution in [2.45, 2.75) is 19.3 Å². The van der Waals surface area contributed by atoms with Crippen molar-refractivity contribution in [3.8, 4) is 5.13 Å². The summed E-state index contributed by atoms with van der Waals surface area (Å²) in [6.07, 6.45) is 0.143. The zero-order chi connectivity index (χ0) is 19.4. The number of nitrogens with one attached hydrogen (secondary N) is 1. The number of benzene rings is 2. The normalized spacial score (nSPS) is 16.2. The summed E-state index contributed by atoms with van der Waals surface area (Å²) in [7, 11) is 0. The molecule has 0 aliphatic carbocycles. The molecule has 1 N–H and O–H groups in total. The Kier molecular flexibility index (Phi) is 3.77. The number of hydrogen-bond donors (Lipinski definition) is 1. The van der Waals surface area contributed by atoms with Gasteiger partial charge in [-0.25, -0.2) is 13.8 Å². The van der Waals surface area contributed by atoms with Gasteiger partial charge in [-0.15, -0.1) is 0 Å². The van der Waals surface area contributed by atoms with E-state index in [0.29, 0.717) is 22.2 Å². The molecule has 0 saturated carbocycles. The maximum atomic E-state index is 13.8. The van der Waals surface area contributed by atoms with Crippen LogP contribution in [0.2, 0.25) is 0 Å². The lowest BCUT2D eigenvalue weighted by Gasteiger charge is -2.24. The van der Waals surface area contributed by atoms with Gasteiger partial charge in [0.1, 0.15) is 5.82 Å². The van der Waals surface area contributed by atoms with Crippen LogP contribution in [-0.2, 0) is 4.79 Å². The van der Waals surface area contributed by atoms with Crippen LogP contribution in [0.5, 0.6) is 0 Å². The van der Waals surface area contributed by atoms with E-state index in [1.807, 2.05) is 31.2 Å². The van der Waals surface area contributed by atoms with E-state index in [-0.39, 0.29) is 12.3 Å². The zero-order valence-electron chi connectivity index (χ0n) is 14.7. The van der Waals surface area contributed by atoms with Gasteiger partial charge < -0.3 is 5.32 Å². The lowest BCUT2D eigenvalue weighted by Crippen LogP contribution is -2.25. The summed E-state index contributed by atoms with van der Waals surface area (Å²) in [5, 5.41) is 8.10.